The third-order valence-corrected chi connectivity index (χ3v) is 5.62. The molecule has 0 fully saturated rings. The van der Waals surface area contributed by atoms with Crippen molar-refractivity contribution in [1.82, 2.24) is 9.47 Å². The van der Waals surface area contributed by atoms with Gasteiger partial charge < -0.3 is 14.2 Å². The molecule has 0 bridgehead atoms. The lowest BCUT2D eigenvalue weighted by molar-refractivity contribution is -0.137. The van der Waals surface area contributed by atoms with Crippen molar-refractivity contribution in [2.24, 2.45) is 5.92 Å². The van der Waals surface area contributed by atoms with E-state index in [9.17, 15) is 4.79 Å². The van der Waals surface area contributed by atoms with Crippen molar-refractivity contribution in [2.45, 2.75) is 39.9 Å². The molecule has 1 heterocycles. The van der Waals surface area contributed by atoms with Crippen molar-refractivity contribution in [2.75, 3.05) is 6.61 Å². The van der Waals surface area contributed by atoms with E-state index in [0.29, 0.717) is 24.8 Å². The average Bonchev–Trinajstić information content (AvgIpc) is 3.17. The van der Waals surface area contributed by atoms with Gasteiger partial charge in [-0.05, 0) is 54.8 Å². The van der Waals surface area contributed by atoms with Gasteiger partial charge in [-0.25, -0.2) is 0 Å². The molecule has 0 aliphatic heterocycles. The van der Waals surface area contributed by atoms with Crippen LogP contribution < -0.4 is 4.74 Å². The van der Waals surface area contributed by atoms with Gasteiger partial charge in [-0.1, -0.05) is 55.8 Å². The number of carbonyl (C=O) groups excluding carboxylic acids is 1. The Labute approximate surface area is 184 Å². The summed E-state index contributed by atoms with van der Waals surface area (Å²) < 4.78 is 7.89. The highest BCUT2D eigenvalue weighted by Gasteiger charge is 2.24. The largest absolute Gasteiger partial charge is 0.484 e. The molecule has 1 aromatic heterocycles. The van der Waals surface area contributed by atoms with Crippen molar-refractivity contribution in [3.63, 3.8) is 0 Å². The monoisotopic (exact) mass is 424 g/mol. The minimum atomic E-state index is -0.0180. The number of halogens is 1. The van der Waals surface area contributed by atoms with Crippen LogP contribution >= 0.6 is 11.6 Å². The Morgan fingerprint density at radius 2 is 1.80 bits per heavy atom. The molecule has 0 radical (unpaired) electrons. The van der Waals surface area contributed by atoms with Gasteiger partial charge in [-0.15, -0.1) is 0 Å². The zero-order valence-electron chi connectivity index (χ0n) is 17.8. The fourth-order valence-electron chi connectivity index (χ4n) is 3.32. The Bertz CT molecular complexity index is 953. The molecule has 158 valence electrons. The van der Waals surface area contributed by atoms with Crippen LogP contribution in [0.1, 0.15) is 32.0 Å². The summed E-state index contributed by atoms with van der Waals surface area (Å²) in [5, 5.41) is 0.726. The zero-order valence-corrected chi connectivity index (χ0v) is 18.5. The van der Waals surface area contributed by atoms with Crippen LogP contribution in [-0.2, 0) is 17.9 Å². The van der Waals surface area contributed by atoms with Gasteiger partial charge in [-0.3, -0.25) is 4.79 Å². The molecule has 2 aromatic carbocycles. The number of nitrogens with zero attached hydrogens (tertiary/aromatic N) is 2. The number of rotatable bonds is 9. The lowest BCUT2D eigenvalue weighted by atomic mass is 10.0. The molecule has 0 N–H and O–H groups in total. The number of ether oxygens (including phenoxy) is 1. The molecule has 0 spiro atoms. The number of carbonyl (C=O) groups is 1. The predicted molar refractivity (Wildman–Crippen MR) is 122 cm³/mol. The van der Waals surface area contributed by atoms with E-state index in [-0.39, 0.29) is 18.6 Å². The molecule has 0 unspecified atom stereocenters. The summed E-state index contributed by atoms with van der Waals surface area (Å²) in [6.45, 7) is 7.62. The zero-order chi connectivity index (χ0) is 21.5. The third kappa shape index (κ3) is 5.90. The fourth-order valence-corrected chi connectivity index (χ4v) is 3.53. The molecule has 3 aromatic rings. The molecule has 1 amide bonds. The van der Waals surface area contributed by atoms with Crippen molar-refractivity contribution in [3.05, 3.63) is 89.2 Å². The molecule has 0 saturated heterocycles. The van der Waals surface area contributed by atoms with E-state index in [4.69, 9.17) is 16.3 Å². The molecule has 0 aliphatic carbocycles. The second kappa shape index (κ2) is 10.4. The maximum atomic E-state index is 13.1. The summed E-state index contributed by atoms with van der Waals surface area (Å²) in [5.74, 6) is 1.02. The molecule has 1 atom stereocenters. The molecule has 30 heavy (non-hydrogen) atoms. The van der Waals surface area contributed by atoms with Crippen LogP contribution in [0.25, 0.3) is 0 Å². The van der Waals surface area contributed by atoms with Gasteiger partial charge in [0, 0.05) is 29.5 Å². The Balaban J connectivity index is 1.74. The van der Waals surface area contributed by atoms with Gasteiger partial charge in [0.2, 0.25) is 0 Å². The Kier molecular flexibility index (Phi) is 7.58. The van der Waals surface area contributed by atoms with E-state index in [1.165, 1.54) is 0 Å². The van der Waals surface area contributed by atoms with Crippen LogP contribution in [0, 0.1) is 5.92 Å². The maximum absolute atomic E-state index is 13.1. The first-order valence-corrected chi connectivity index (χ1v) is 10.7. The Hall–Kier alpha value is -2.72. The van der Waals surface area contributed by atoms with Gasteiger partial charge >= 0.3 is 0 Å². The highest BCUT2D eigenvalue weighted by atomic mass is 35.5. The van der Waals surface area contributed by atoms with Crippen LogP contribution in [0.5, 0.6) is 5.75 Å². The van der Waals surface area contributed by atoms with E-state index >= 15 is 0 Å². The van der Waals surface area contributed by atoms with Gasteiger partial charge in [0.15, 0.2) is 6.61 Å². The molecule has 0 aliphatic rings. The van der Waals surface area contributed by atoms with Crippen LogP contribution in [0.4, 0.5) is 0 Å². The van der Waals surface area contributed by atoms with Crippen LogP contribution in [0.2, 0.25) is 5.02 Å². The summed E-state index contributed by atoms with van der Waals surface area (Å²) >= 11 is 6.14. The molecule has 3 rings (SSSR count). The second-order valence-electron chi connectivity index (χ2n) is 7.87. The van der Waals surface area contributed by atoms with Gasteiger partial charge in [0.1, 0.15) is 5.75 Å². The summed E-state index contributed by atoms with van der Waals surface area (Å²) in [6.07, 6.45) is 2.04. The smallest absolute Gasteiger partial charge is 0.261 e. The number of hydrogen-bond acceptors (Lipinski definition) is 2. The molecule has 5 heteroatoms. The van der Waals surface area contributed by atoms with Gasteiger partial charge in [-0.2, -0.15) is 0 Å². The minimum absolute atomic E-state index is 0.0180. The van der Waals surface area contributed by atoms with E-state index in [1.807, 2.05) is 65.7 Å². The highest BCUT2D eigenvalue weighted by Crippen LogP contribution is 2.18. The van der Waals surface area contributed by atoms with Crippen molar-refractivity contribution in [3.8, 4) is 5.75 Å². The first-order chi connectivity index (χ1) is 14.4. The van der Waals surface area contributed by atoms with E-state index in [2.05, 4.69) is 37.5 Å². The first kappa shape index (κ1) is 22.0. The molecule has 4 nitrogen and oxygen atoms in total. The highest BCUT2D eigenvalue weighted by molar-refractivity contribution is 6.30. The first-order valence-electron chi connectivity index (χ1n) is 10.3. The maximum Gasteiger partial charge on any atom is 0.261 e. The predicted octanol–water partition coefficient (Wildman–Crippen LogP) is 5.64. The van der Waals surface area contributed by atoms with Crippen LogP contribution in [0.15, 0.2) is 72.9 Å². The van der Waals surface area contributed by atoms with E-state index in [0.717, 1.165) is 16.3 Å². The van der Waals surface area contributed by atoms with Crippen molar-refractivity contribution < 1.29 is 9.53 Å². The summed E-state index contributed by atoms with van der Waals surface area (Å²) in [6, 6.07) is 21.5. The summed E-state index contributed by atoms with van der Waals surface area (Å²) in [4.78, 5) is 15.0. The average molecular weight is 425 g/mol. The number of benzene rings is 2. The molecule has 0 saturated carbocycles. The number of para-hydroxylation sites is 1. The number of amides is 1. The molecular weight excluding hydrogens is 396 g/mol. The van der Waals surface area contributed by atoms with Crippen LogP contribution in [0.3, 0.4) is 0 Å². The van der Waals surface area contributed by atoms with E-state index in [1.54, 1.807) is 0 Å². The number of aromatic nitrogens is 1. The Morgan fingerprint density at radius 1 is 1.03 bits per heavy atom. The minimum Gasteiger partial charge on any atom is -0.484 e. The second-order valence-corrected chi connectivity index (χ2v) is 8.30. The topological polar surface area (TPSA) is 34.5 Å². The Morgan fingerprint density at radius 3 is 2.50 bits per heavy atom. The SMILES string of the molecule is CC(C)[C@@H](C)N(Cc1cccn1Cc1cccc(Cl)c1)C(=O)COc1ccccc1. The fraction of sp³-hybridized carbons (Fsp3) is 0.320. The van der Waals surface area contributed by atoms with E-state index < -0.39 is 0 Å². The van der Waals surface area contributed by atoms with Crippen molar-refractivity contribution >= 4 is 17.5 Å². The molecular formula is C25H29ClN2O2. The third-order valence-electron chi connectivity index (χ3n) is 5.38. The van der Waals surface area contributed by atoms with Crippen LogP contribution in [-0.4, -0.2) is 28.0 Å². The number of hydrogen-bond donors (Lipinski definition) is 0. The quantitative estimate of drug-likeness (QED) is 0.445. The standard InChI is InChI=1S/C25H29ClN2O2/c1-19(2)20(3)28(25(29)18-30-24-12-5-4-6-13-24)17-23-11-8-14-27(23)16-21-9-7-10-22(26)15-21/h4-15,19-20H,16-18H2,1-3H3/t20-/m1/s1. The summed E-state index contributed by atoms with van der Waals surface area (Å²) in [5.41, 5.74) is 2.21. The lowest BCUT2D eigenvalue weighted by Gasteiger charge is -2.32. The normalized spacial score (nSPS) is 12.0. The lowest BCUT2D eigenvalue weighted by Crippen LogP contribution is -2.43. The summed E-state index contributed by atoms with van der Waals surface area (Å²) in [7, 11) is 0. The van der Waals surface area contributed by atoms with Gasteiger partial charge in [0.25, 0.3) is 5.91 Å². The van der Waals surface area contributed by atoms with Gasteiger partial charge in [0.05, 0.1) is 6.54 Å². The van der Waals surface area contributed by atoms with Crippen molar-refractivity contribution in [1.29, 1.82) is 0 Å².